The Morgan fingerprint density at radius 3 is 1.42 bits per heavy atom. The van der Waals surface area contributed by atoms with Gasteiger partial charge < -0.3 is 9.13 Å². The molecule has 0 saturated carbocycles. The molecule has 0 aliphatic carbocycles. The summed E-state index contributed by atoms with van der Waals surface area (Å²) in [7, 11) is 0. The molecule has 8 nitrogen and oxygen atoms in total. The fourth-order valence-electron chi connectivity index (χ4n) is 6.95. The van der Waals surface area contributed by atoms with Crippen LogP contribution >= 0.6 is 0 Å². The summed E-state index contributed by atoms with van der Waals surface area (Å²) in [6.07, 6.45) is 0. The highest BCUT2D eigenvalue weighted by molar-refractivity contribution is 6.13. The minimum absolute atomic E-state index is 0.221. The molecule has 2 aromatic heterocycles. The van der Waals surface area contributed by atoms with E-state index in [2.05, 4.69) is 44.9 Å². The third-order valence-electron chi connectivity index (χ3n) is 9.03. The number of fused-ring (bicyclic) bond motifs is 6. The Balaban J connectivity index is 1.38. The Hall–Kier alpha value is -8.14. The van der Waals surface area contributed by atoms with Crippen LogP contribution in [0, 0.1) is 53.7 Å². The summed E-state index contributed by atoms with van der Waals surface area (Å²) in [5.41, 5.74) is 7.53. The lowest BCUT2D eigenvalue weighted by Crippen LogP contribution is -1.99. The van der Waals surface area contributed by atoms with E-state index in [1.807, 2.05) is 81.9 Å². The van der Waals surface area contributed by atoms with Crippen molar-refractivity contribution in [3.05, 3.63) is 160 Å². The van der Waals surface area contributed by atoms with Crippen molar-refractivity contribution in [3.63, 3.8) is 0 Å². The van der Waals surface area contributed by atoms with E-state index in [4.69, 9.17) is 19.7 Å². The molecule has 0 aliphatic rings. The van der Waals surface area contributed by atoms with E-state index in [0.717, 1.165) is 54.7 Å². The fourth-order valence-corrected chi connectivity index (χ4v) is 6.95. The highest BCUT2D eigenvalue weighted by atomic mass is 15.0. The molecule has 50 heavy (non-hydrogen) atoms. The molecule has 0 atom stereocenters. The first-order valence-electron chi connectivity index (χ1n) is 15.3. The number of benzene rings is 6. The predicted molar refractivity (Wildman–Crippen MR) is 193 cm³/mol. The van der Waals surface area contributed by atoms with Crippen molar-refractivity contribution in [1.82, 2.24) is 9.13 Å². The monoisotopic (exact) mass is 634 g/mol. The second-order valence-corrected chi connectivity index (χ2v) is 11.6. The van der Waals surface area contributed by atoms with Gasteiger partial charge in [-0.15, -0.1) is 0 Å². The number of para-hydroxylation sites is 2. The molecule has 0 aliphatic heterocycles. The molecule has 0 radical (unpaired) electrons. The molecule has 0 N–H and O–H groups in total. The topological polar surface area (TPSA) is 94.3 Å². The minimum atomic E-state index is 0.221. The summed E-state index contributed by atoms with van der Waals surface area (Å²) in [6.45, 7) is 23.2. The molecule has 8 heteroatoms. The van der Waals surface area contributed by atoms with Crippen molar-refractivity contribution >= 4 is 60.7 Å². The summed E-state index contributed by atoms with van der Waals surface area (Å²) in [5, 5.41) is 33.5. The zero-order chi connectivity index (χ0) is 34.5. The summed E-state index contributed by atoms with van der Waals surface area (Å²) < 4.78 is 3.86. The predicted octanol–water partition coefficient (Wildman–Crippen LogP) is 10.8. The summed E-state index contributed by atoms with van der Waals surface area (Å²) in [6, 6.07) is 40.5. The first-order valence-corrected chi connectivity index (χ1v) is 15.3. The normalized spacial score (nSPS) is 10.7. The van der Waals surface area contributed by atoms with Gasteiger partial charge in [0.2, 0.25) is 11.4 Å². The number of rotatable bonds is 3. The molecule has 0 bridgehead atoms. The molecule has 0 spiro atoms. The molecule has 0 unspecified atom stereocenters. The smallest absolute Gasteiger partial charge is 0.213 e. The Morgan fingerprint density at radius 1 is 0.460 bits per heavy atom. The van der Waals surface area contributed by atoms with Gasteiger partial charge in [-0.1, -0.05) is 48.5 Å². The lowest BCUT2D eigenvalue weighted by molar-refractivity contribution is 1.17. The number of nitriles is 3. The third-order valence-corrected chi connectivity index (χ3v) is 9.03. The lowest BCUT2D eigenvalue weighted by atomic mass is 10.0. The Bertz CT molecular complexity index is 2780. The Labute approximate surface area is 285 Å². The van der Waals surface area contributed by atoms with E-state index in [1.165, 1.54) is 24.3 Å². The van der Waals surface area contributed by atoms with E-state index in [1.54, 1.807) is 0 Å². The first-order chi connectivity index (χ1) is 24.5. The van der Waals surface area contributed by atoms with Crippen molar-refractivity contribution < 1.29 is 0 Å². The largest absolute Gasteiger partial charge is 0.318 e. The molecule has 6 aromatic carbocycles. The van der Waals surface area contributed by atoms with Crippen LogP contribution in [0.1, 0.15) is 16.7 Å². The fraction of sp³-hybridized carbons (Fsp3) is 0. The zero-order valence-corrected chi connectivity index (χ0v) is 26.0. The third kappa shape index (κ3) is 4.19. The maximum absolute atomic E-state index is 10.1. The molecule has 8 rings (SSSR count). The molecule has 0 saturated heterocycles. The Morgan fingerprint density at radius 2 is 0.940 bits per heavy atom. The zero-order valence-electron chi connectivity index (χ0n) is 26.0. The number of aromatic nitrogens is 2. The van der Waals surface area contributed by atoms with Crippen LogP contribution in [0.25, 0.3) is 80.6 Å². The van der Waals surface area contributed by atoms with E-state index < -0.39 is 0 Å². The highest BCUT2D eigenvalue weighted by Crippen LogP contribution is 2.42. The van der Waals surface area contributed by atoms with Crippen molar-refractivity contribution in [2.75, 3.05) is 0 Å². The Kier molecular flexibility index (Phi) is 6.60. The molecule has 0 amide bonds. The van der Waals surface area contributed by atoms with Crippen LogP contribution in [-0.2, 0) is 0 Å². The van der Waals surface area contributed by atoms with Crippen LogP contribution in [0.5, 0.6) is 0 Å². The van der Waals surface area contributed by atoms with Gasteiger partial charge >= 0.3 is 0 Å². The maximum atomic E-state index is 10.1. The van der Waals surface area contributed by atoms with Gasteiger partial charge in [0.05, 0.1) is 82.5 Å². The lowest BCUT2D eigenvalue weighted by Gasteiger charge is -2.13. The van der Waals surface area contributed by atoms with Gasteiger partial charge in [-0.25, -0.2) is 14.5 Å². The van der Waals surface area contributed by atoms with Gasteiger partial charge in [0.15, 0.2) is 5.69 Å². The van der Waals surface area contributed by atoms with Gasteiger partial charge in [-0.3, -0.25) is 0 Å². The standard InChI is InChI=1S/C42H18N8/c1-46-30-18-29(24-45)42(36(21-30)48-3)50-38-11-7-5-9-32(38)34-20-27(13-15-40(34)50)26-12-14-39-33(19-26)31-8-4-6-10-37(31)49(39)41-28(23-44)16-25(22-43)17-35(41)47-2/h4-21H. The number of nitrogens with zero attached hydrogens (tertiary/aromatic N) is 8. The van der Waals surface area contributed by atoms with Crippen LogP contribution in [0.15, 0.2) is 109 Å². The molecular formula is C42H18N8. The van der Waals surface area contributed by atoms with Crippen LogP contribution < -0.4 is 0 Å². The van der Waals surface area contributed by atoms with E-state index >= 15 is 0 Å². The minimum Gasteiger partial charge on any atom is -0.318 e. The number of hydrogen-bond donors (Lipinski definition) is 0. The summed E-state index contributed by atoms with van der Waals surface area (Å²) in [5.74, 6) is 0. The van der Waals surface area contributed by atoms with Crippen molar-refractivity contribution in [1.29, 1.82) is 15.8 Å². The number of hydrogen-bond acceptors (Lipinski definition) is 3. The van der Waals surface area contributed by atoms with E-state index in [-0.39, 0.29) is 33.8 Å². The van der Waals surface area contributed by atoms with Gasteiger partial charge in [-0.05, 0) is 71.8 Å². The molecular weight excluding hydrogens is 617 g/mol. The van der Waals surface area contributed by atoms with Crippen LogP contribution in [-0.4, -0.2) is 9.13 Å². The molecule has 226 valence electrons. The second kappa shape index (κ2) is 11.3. The summed E-state index contributed by atoms with van der Waals surface area (Å²) in [4.78, 5) is 10.9. The van der Waals surface area contributed by atoms with Crippen LogP contribution in [0.3, 0.4) is 0 Å². The van der Waals surface area contributed by atoms with Crippen molar-refractivity contribution in [3.8, 4) is 40.7 Å². The molecule has 0 fully saturated rings. The molecule has 8 aromatic rings. The van der Waals surface area contributed by atoms with E-state index in [0.29, 0.717) is 11.4 Å². The molecule has 2 heterocycles. The average Bonchev–Trinajstić information content (AvgIpc) is 3.68. The van der Waals surface area contributed by atoms with Gasteiger partial charge in [0.1, 0.15) is 0 Å². The second-order valence-electron chi connectivity index (χ2n) is 11.6. The van der Waals surface area contributed by atoms with E-state index in [9.17, 15) is 15.8 Å². The quantitative estimate of drug-likeness (QED) is 0.181. The maximum Gasteiger partial charge on any atom is 0.213 e. The highest BCUT2D eigenvalue weighted by Gasteiger charge is 2.22. The SMILES string of the molecule is [C-]#[N+]c1cc(C#N)c(-n2c3ccccc3c3cc(-c4ccc5c(c4)c4ccccc4n5-c4c(C#N)cc(C#N)cc4[N+]#[C-])ccc32)c([N+]#[C-])c1. The van der Waals surface area contributed by atoms with Gasteiger partial charge in [-0.2, -0.15) is 15.8 Å². The van der Waals surface area contributed by atoms with Crippen molar-refractivity contribution in [2.45, 2.75) is 0 Å². The van der Waals surface area contributed by atoms with Gasteiger partial charge in [0.25, 0.3) is 0 Å². The summed E-state index contributed by atoms with van der Waals surface area (Å²) >= 11 is 0. The van der Waals surface area contributed by atoms with Crippen LogP contribution in [0.4, 0.5) is 17.1 Å². The van der Waals surface area contributed by atoms with Crippen LogP contribution in [0.2, 0.25) is 0 Å². The van der Waals surface area contributed by atoms with Crippen molar-refractivity contribution in [2.24, 2.45) is 0 Å². The first kappa shape index (κ1) is 29.3. The van der Waals surface area contributed by atoms with Gasteiger partial charge in [0, 0.05) is 27.1 Å². The average molecular weight is 635 g/mol.